The molecule has 1 atom stereocenters. The van der Waals surface area contributed by atoms with Gasteiger partial charge in [0.1, 0.15) is 6.10 Å². The first-order valence-electron chi connectivity index (χ1n) is 4.17. The SMILES string of the molecule is C/C=C(/C(=O)O)[C@@H]1COC(C)(C)O1. The number of hydrogen-bond acceptors (Lipinski definition) is 3. The fourth-order valence-corrected chi connectivity index (χ4v) is 1.29. The van der Waals surface area contributed by atoms with E-state index >= 15 is 0 Å². The maximum Gasteiger partial charge on any atom is 0.333 e. The first kappa shape index (κ1) is 10.2. The van der Waals surface area contributed by atoms with Crippen LogP contribution in [0.2, 0.25) is 0 Å². The van der Waals surface area contributed by atoms with E-state index in [1.165, 1.54) is 6.08 Å². The molecule has 0 aromatic carbocycles. The summed E-state index contributed by atoms with van der Waals surface area (Å²) in [4.78, 5) is 10.7. The molecule has 0 unspecified atom stereocenters. The Bertz CT molecular complexity index is 242. The number of aliphatic carboxylic acids is 1. The molecule has 1 saturated heterocycles. The number of allylic oxidation sites excluding steroid dienone is 1. The van der Waals surface area contributed by atoms with Crippen LogP contribution in [-0.2, 0) is 14.3 Å². The maximum atomic E-state index is 10.7. The Kier molecular flexibility index (Phi) is 2.73. The minimum atomic E-state index is -0.950. The average Bonchev–Trinajstić information content (AvgIpc) is 2.31. The molecule has 1 N–H and O–H groups in total. The smallest absolute Gasteiger partial charge is 0.333 e. The second-order valence-corrected chi connectivity index (χ2v) is 3.37. The predicted molar refractivity (Wildman–Crippen MR) is 46.3 cm³/mol. The highest BCUT2D eigenvalue weighted by molar-refractivity contribution is 5.87. The molecular weight excluding hydrogens is 172 g/mol. The van der Waals surface area contributed by atoms with Crippen molar-refractivity contribution < 1.29 is 19.4 Å². The molecule has 0 aromatic rings. The Labute approximate surface area is 77.1 Å². The Balaban J connectivity index is 2.70. The van der Waals surface area contributed by atoms with E-state index in [-0.39, 0.29) is 5.57 Å². The van der Waals surface area contributed by atoms with Crippen LogP contribution in [0.1, 0.15) is 20.8 Å². The fraction of sp³-hybridized carbons (Fsp3) is 0.667. The highest BCUT2D eigenvalue weighted by atomic mass is 16.7. The van der Waals surface area contributed by atoms with Crippen LogP contribution in [0.25, 0.3) is 0 Å². The molecule has 0 bridgehead atoms. The summed E-state index contributed by atoms with van der Waals surface area (Å²) in [7, 11) is 0. The van der Waals surface area contributed by atoms with Crippen LogP contribution in [0.4, 0.5) is 0 Å². The van der Waals surface area contributed by atoms with E-state index in [1.54, 1.807) is 20.8 Å². The quantitative estimate of drug-likeness (QED) is 0.658. The lowest BCUT2D eigenvalue weighted by molar-refractivity contribution is -0.141. The number of rotatable bonds is 2. The molecule has 0 aromatic heterocycles. The first-order chi connectivity index (χ1) is 5.96. The fourth-order valence-electron chi connectivity index (χ4n) is 1.29. The monoisotopic (exact) mass is 186 g/mol. The molecule has 0 saturated carbocycles. The third kappa shape index (κ3) is 2.29. The van der Waals surface area contributed by atoms with Gasteiger partial charge in [-0.25, -0.2) is 4.79 Å². The molecule has 13 heavy (non-hydrogen) atoms. The summed E-state index contributed by atoms with van der Waals surface area (Å²) in [5.41, 5.74) is 0.255. The molecule has 4 nitrogen and oxygen atoms in total. The van der Waals surface area contributed by atoms with Crippen LogP contribution >= 0.6 is 0 Å². The molecule has 0 amide bonds. The lowest BCUT2D eigenvalue weighted by atomic mass is 10.1. The third-order valence-electron chi connectivity index (χ3n) is 1.91. The topological polar surface area (TPSA) is 55.8 Å². The summed E-state index contributed by atoms with van der Waals surface area (Å²) in [6.07, 6.45) is 1.09. The van der Waals surface area contributed by atoms with E-state index in [4.69, 9.17) is 14.6 Å². The van der Waals surface area contributed by atoms with Crippen LogP contribution in [-0.4, -0.2) is 29.6 Å². The van der Waals surface area contributed by atoms with Gasteiger partial charge in [-0.15, -0.1) is 0 Å². The van der Waals surface area contributed by atoms with Crippen molar-refractivity contribution in [1.29, 1.82) is 0 Å². The van der Waals surface area contributed by atoms with Gasteiger partial charge in [-0.1, -0.05) is 6.08 Å². The standard InChI is InChI=1S/C9H14O4/c1-4-6(8(10)11)7-5-12-9(2,3)13-7/h4,7H,5H2,1-3H3,(H,10,11)/b6-4+/t7-/m0/s1. The highest BCUT2D eigenvalue weighted by Gasteiger charge is 2.36. The summed E-state index contributed by atoms with van der Waals surface area (Å²) in [6.45, 7) is 5.52. The Hall–Kier alpha value is -0.870. The summed E-state index contributed by atoms with van der Waals surface area (Å²) in [5, 5.41) is 8.80. The average molecular weight is 186 g/mol. The van der Waals surface area contributed by atoms with Crippen molar-refractivity contribution in [2.24, 2.45) is 0 Å². The summed E-state index contributed by atoms with van der Waals surface area (Å²) in [5.74, 6) is -1.62. The second-order valence-electron chi connectivity index (χ2n) is 3.37. The van der Waals surface area contributed by atoms with Crippen molar-refractivity contribution in [2.75, 3.05) is 6.61 Å². The molecule has 1 aliphatic heterocycles. The van der Waals surface area contributed by atoms with Crippen LogP contribution in [0.15, 0.2) is 11.6 Å². The maximum absolute atomic E-state index is 10.7. The van der Waals surface area contributed by atoms with Crippen LogP contribution < -0.4 is 0 Å². The van der Waals surface area contributed by atoms with Gasteiger partial charge in [0.2, 0.25) is 0 Å². The summed E-state index contributed by atoms with van der Waals surface area (Å²) in [6, 6.07) is 0. The summed E-state index contributed by atoms with van der Waals surface area (Å²) < 4.78 is 10.7. The van der Waals surface area contributed by atoms with Crippen molar-refractivity contribution in [2.45, 2.75) is 32.7 Å². The van der Waals surface area contributed by atoms with Gasteiger partial charge in [0.25, 0.3) is 0 Å². The second kappa shape index (κ2) is 3.47. The van der Waals surface area contributed by atoms with Gasteiger partial charge in [0.05, 0.1) is 12.2 Å². The van der Waals surface area contributed by atoms with Crippen molar-refractivity contribution in [3.05, 3.63) is 11.6 Å². The van der Waals surface area contributed by atoms with E-state index < -0.39 is 17.9 Å². The van der Waals surface area contributed by atoms with Gasteiger partial charge in [0.15, 0.2) is 5.79 Å². The molecule has 1 fully saturated rings. The van der Waals surface area contributed by atoms with Gasteiger partial charge in [-0.2, -0.15) is 0 Å². The lowest BCUT2D eigenvalue weighted by Gasteiger charge is -2.17. The van der Waals surface area contributed by atoms with Crippen molar-refractivity contribution in [1.82, 2.24) is 0 Å². The van der Waals surface area contributed by atoms with E-state index in [1.807, 2.05) is 0 Å². The van der Waals surface area contributed by atoms with Crippen LogP contribution in [0, 0.1) is 0 Å². The van der Waals surface area contributed by atoms with E-state index in [2.05, 4.69) is 0 Å². The minimum absolute atomic E-state index is 0.255. The molecule has 1 heterocycles. The minimum Gasteiger partial charge on any atom is -0.478 e. The molecule has 0 radical (unpaired) electrons. The molecule has 1 aliphatic rings. The predicted octanol–water partition coefficient (Wildman–Crippen LogP) is 1.17. The van der Waals surface area contributed by atoms with Crippen LogP contribution in [0.5, 0.6) is 0 Å². The molecule has 4 heteroatoms. The van der Waals surface area contributed by atoms with Gasteiger partial charge in [0, 0.05) is 0 Å². The number of carbonyl (C=O) groups is 1. The first-order valence-corrected chi connectivity index (χ1v) is 4.17. The van der Waals surface area contributed by atoms with Gasteiger partial charge in [-0.05, 0) is 20.8 Å². The van der Waals surface area contributed by atoms with Crippen molar-refractivity contribution >= 4 is 5.97 Å². The zero-order valence-electron chi connectivity index (χ0n) is 8.03. The van der Waals surface area contributed by atoms with E-state index in [9.17, 15) is 4.79 Å². The van der Waals surface area contributed by atoms with Crippen molar-refractivity contribution in [3.8, 4) is 0 Å². The van der Waals surface area contributed by atoms with Gasteiger partial charge >= 0.3 is 5.97 Å². The molecule has 1 rings (SSSR count). The molecule has 0 spiro atoms. The number of ether oxygens (including phenoxy) is 2. The van der Waals surface area contributed by atoms with Crippen LogP contribution in [0.3, 0.4) is 0 Å². The largest absolute Gasteiger partial charge is 0.478 e. The Morgan fingerprint density at radius 1 is 1.62 bits per heavy atom. The lowest BCUT2D eigenvalue weighted by Crippen LogP contribution is -2.24. The summed E-state index contributed by atoms with van der Waals surface area (Å²) >= 11 is 0. The van der Waals surface area contributed by atoms with Gasteiger partial charge < -0.3 is 14.6 Å². The highest BCUT2D eigenvalue weighted by Crippen LogP contribution is 2.26. The number of carboxylic acids is 1. The Morgan fingerprint density at radius 3 is 2.54 bits per heavy atom. The number of hydrogen-bond donors (Lipinski definition) is 1. The molecular formula is C9H14O4. The number of carboxylic acid groups (broad SMARTS) is 1. The molecule has 74 valence electrons. The zero-order valence-corrected chi connectivity index (χ0v) is 8.03. The van der Waals surface area contributed by atoms with E-state index in [0.29, 0.717) is 6.61 Å². The van der Waals surface area contributed by atoms with Crippen molar-refractivity contribution in [3.63, 3.8) is 0 Å². The zero-order chi connectivity index (χ0) is 10.1. The third-order valence-corrected chi connectivity index (χ3v) is 1.91. The normalized spacial score (nSPS) is 27.6. The molecule has 0 aliphatic carbocycles. The van der Waals surface area contributed by atoms with E-state index in [0.717, 1.165) is 0 Å². The van der Waals surface area contributed by atoms with Gasteiger partial charge in [-0.3, -0.25) is 0 Å². The Morgan fingerprint density at radius 2 is 2.23 bits per heavy atom.